The highest BCUT2D eigenvalue weighted by molar-refractivity contribution is 7.89. The molecule has 9 heteroatoms. The maximum absolute atomic E-state index is 12.2. The Balaban J connectivity index is 1.73. The molecule has 1 aromatic carbocycles. The van der Waals surface area contributed by atoms with E-state index < -0.39 is 10.0 Å². The van der Waals surface area contributed by atoms with Gasteiger partial charge in [-0.15, -0.1) is 0 Å². The molecule has 0 saturated carbocycles. The van der Waals surface area contributed by atoms with E-state index >= 15 is 0 Å². The Morgan fingerprint density at radius 1 is 1.26 bits per heavy atom. The molecular weight excluding hydrogens is 370 g/mol. The summed E-state index contributed by atoms with van der Waals surface area (Å²) >= 11 is 0. The lowest BCUT2D eigenvalue weighted by atomic mass is 10.3. The normalized spacial score (nSPS) is 16.7. The average molecular weight is 400 g/mol. The maximum Gasteiger partial charge on any atom is 0.257 e. The van der Waals surface area contributed by atoms with Gasteiger partial charge in [0.25, 0.3) is 5.91 Å². The maximum atomic E-state index is 12.2. The second-order valence-corrected chi connectivity index (χ2v) is 8.21. The zero-order valence-electron chi connectivity index (χ0n) is 15.9. The van der Waals surface area contributed by atoms with Crippen LogP contribution in [0.4, 0.5) is 0 Å². The Hall–Kier alpha value is -1.68. The van der Waals surface area contributed by atoms with Gasteiger partial charge in [-0.2, -0.15) is 0 Å². The lowest BCUT2D eigenvalue weighted by molar-refractivity contribution is -0.123. The predicted octanol–water partition coefficient (Wildman–Crippen LogP) is 0.591. The molecule has 8 nitrogen and oxygen atoms in total. The van der Waals surface area contributed by atoms with Crippen LogP contribution in [-0.4, -0.2) is 71.3 Å². The van der Waals surface area contributed by atoms with Gasteiger partial charge in [-0.05, 0) is 37.6 Å². The minimum Gasteiger partial charge on any atom is -0.484 e. The molecule has 1 aliphatic rings. The third-order valence-corrected chi connectivity index (χ3v) is 5.93. The van der Waals surface area contributed by atoms with Crippen LogP contribution in [0.15, 0.2) is 29.2 Å². The highest BCUT2D eigenvalue weighted by Crippen LogP contribution is 2.16. The van der Waals surface area contributed by atoms with Crippen LogP contribution in [0.3, 0.4) is 0 Å². The Morgan fingerprint density at radius 2 is 1.93 bits per heavy atom. The van der Waals surface area contributed by atoms with Crippen molar-refractivity contribution in [2.45, 2.75) is 31.2 Å². The fraction of sp³-hybridized carbons (Fsp3) is 0.611. The molecule has 0 aromatic heterocycles. The highest BCUT2D eigenvalue weighted by atomic mass is 32.2. The second kappa shape index (κ2) is 10.6. The van der Waals surface area contributed by atoms with Crippen LogP contribution < -0.4 is 14.8 Å². The Morgan fingerprint density at radius 3 is 2.56 bits per heavy atom. The van der Waals surface area contributed by atoms with Gasteiger partial charge in [-0.3, -0.25) is 9.69 Å². The SMILES string of the molecule is CC[C@H](C)NS(=O)(=O)c1ccc(OCC(=O)NCCN2CCOCC2)cc1. The summed E-state index contributed by atoms with van der Waals surface area (Å²) in [6.07, 6.45) is 0.709. The zero-order chi connectivity index (χ0) is 19.7. The number of hydrogen-bond acceptors (Lipinski definition) is 6. The fourth-order valence-corrected chi connectivity index (χ4v) is 3.84. The zero-order valence-corrected chi connectivity index (χ0v) is 16.8. The van der Waals surface area contributed by atoms with Gasteiger partial charge in [-0.1, -0.05) is 6.92 Å². The minimum absolute atomic E-state index is 0.111. The number of amides is 1. The highest BCUT2D eigenvalue weighted by Gasteiger charge is 2.16. The predicted molar refractivity (Wildman–Crippen MR) is 102 cm³/mol. The van der Waals surface area contributed by atoms with Crippen molar-refractivity contribution >= 4 is 15.9 Å². The number of nitrogens with zero attached hydrogens (tertiary/aromatic N) is 1. The summed E-state index contributed by atoms with van der Waals surface area (Å²) in [6.45, 7) is 8.18. The van der Waals surface area contributed by atoms with E-state index in [4.69, 9.17) is 9.47 Å². The average Bonchev–Trinajstić information content (AvgIpc) is 2.67. The lowest BCUT2D eigenvalue weighted by Gasteiger charge is -2.26. The van der Waals surface area contributed by atoms with Gasteiger partial charge < -0.3 is 14.8 Å². The molecule has 27 heavy (non-hydrogen) atoms. The van der Waals surface area contributed by atoms with Crippen molar-refractivity contribution < 1.29 is 22.7 Å². The van der Waals surface area contributed by atoms with Crippen LogP contribution in [0.5, 0.6) is 5.75 Å². The van der Waals surface area contributed by atoms with Gasteiger partial charge in [0.05, 0.1) is 18.1 Å². The summed E-state index contributed by atoms with van der Waals surface area (Å²) in [6, 6.07) is 5.90. The monoisotopic (exact) mass is 399 g/mol. The van der Waals surface area contributed by atoms with Crippen molar-refractivity contribution in [3.05, 3.63) is 24.3 Å². The van der Waals surface area contributed by atoms with E-state index in [1.165, 1.54) is 12.1 Å². The summed E-state index contributed by atoms with van der Waals surface area (Å²) < 4.78 is 37.7. The van der Waals surface area contributed by atoms with Crippen molar-refractivity contribution in [1.82, 2.24) is 14.9 Å². The number of carbonyl (C=O) groups excluding carboxylic acids is 1. The number of nitrogens with one attached hydrogen (secondary N) is 2. The van der Waals surface area contributed by atoms with Crippen molar-refractivity contribution in [2.75, 3.05) is 46.0 Å². The van der Waals surface area contributed by atoms with Crippen molar-refractivity contribution in [3.8, 4) is 5.75 Å². The van der Waals surface area contributed by atoms with Gasteiger partial charge in [0.1, 0.15) is 5.75 Å². The minimum atomic E-state index is -3.54. The lowest BCUT2D eigenvalue weighted by Crippen LogP contribution is -2.42. The molecule has 1 aliphatic heterocycles. The third-order valence-electron chi connectivity index (χ3n) is 4.33. The summed E-state index contributed by atoms with van der Waals surface area (Å²) in [7, 11) is -3.54. The molecule has 0 bridgehead atoms. The molecule has 0 aliphatic carbocycles. The van der Waals surface area contributed by atoms with Gasteiger partial charge in [0.2, 0.25) is 10.0 Å². The van der Waals surface area contributed by atoms with Crippen LogP contribution in [0, 0.1) is 0 Å². The molecule has 2 rings (SSSR count). The van der Waals surface area contributed by atoms with E-state index in [0.717, 1.165) is 32.8 Å². The Bertz CT molecular complexity index is 687. The number of sulfonamides is 1. The first-order valence-corrected chi connectivity index (χ1v) is 10.7. The van der Waals surface area contributed by atoms with E-state index in [1.807, 2.05) is 13.8 Å². The van der Waals surface area contributed by atoms with Crippen LogP contribution in [-0.2, 0) is 19.6 Å². The third kappa shape index (κ3) is 7.45. The molecule has 1 amide bonds. The van der Waals surface area contributed by atoms with Crippen LogP contribution >= 0.6 is 0 Å². The van der Waals surface area contributed by atoms with Gasteiger partial charge in [0.15, 0.2) is 6.61 Å². The molecule has 1 atom stereocenters. The number of rotatable bonds is 10. The van der Waals surface area contributed by atoms with Crippen molar-refractivity contribution in [3.63, 3.8) is 0 Å². The summed E-state index contributed by atoms with van der Waals surface area (Å²) in [5.41, 5.74) is 0. The molecule has 1 saturated heterocycles. The summed E-state index contributed by atoms with van der Waals surface area (Å²) in [5.74, 6) is 0.235. The molecule has 0 spiro atoms. The quantitative estimate of drug-likeness (QED) is 0.598. The molecule has 0 radical (unpaired) electrons. The van der Waals surface area contributed by atoms with Crippen LogP contribution in [0.2, 0.25) is 0 Å². The standard InChI is InChI=1S/C18H29N3O5S/c1-3-15(2)20-27(23,24)17-6-4-16(5-7-17)26-14-18(22)19-8-9-21-10-12-25-13-11-21/h4-7,15,20H,3,8-14H2,1-2H3,(H,19,22)/t15-/m0/s1. The molecule has 152 valence electrons. The van der Waals surface area contributed by atoms with Crippen molar-refractivity contribution in [2.24, 2.45) is 0 Å². The van der Waals surface area contributed by atoms with Gasteiger partial charge in [0, 0.05) is 32.2 Å². The first-order valence-electron chi connectivity index (χ1n) is 9.22. The molecule has 2 N–H and O–H groups in total. The Kier molecular flexibility index (Phi) is 8.49. The largest absolute Gasteiger partial charge is 0.484 e. The smallest absolute Gasteiger partial charge is 0.257 e. The molecule has 1 heterocycles. The number of carbonyl (C=O) groups is 1. The number of ether oxygens (including phenoxy) is 2. The number of hydrogen-bond donors (Lipinski definition) is 2. The molecule has 1 fully saturated rings. The number of morpholine rings is 1. The molecule has 0 unspecified atom stereocenters. The topological polar surface area (TPSA) is 97.0 Å². The Labute approximate surface area is 161 Å². The molecule has 1 aromatic rings. The van der Waals surface area contributed by atoms with Gasteiger partial charge >= 0.3 is 0 Å². The van der Waals surface area contributed by atoms with E-state index in [-0.39, 0.29) is 23.5 Å². The fourth-order valence-electron chi connectivity index (χ4n) is 2.51. The van der Waals surface area contributed by atoms with E-state index in [9.17, 15) is 13.2 Å². The van der Waals surface area contributed by atoms with Gasteiger partial charge in [-0.25, -0.2) is 13.1 Å². The van der Waals surface area contributed by atoms with E-state index in [1.54, 1.807) is 12.1 Å². The number of benzene rings is 1. The second-order valence-electron chi connectivity index (χ2n) is 6.49. The summed E-state index contributed by atoms with van der Waals surface area (Å²) in [4.78, 5) is 14.3. The first kappa shape index (κ1) is 21.6. The van der Waals surface area contributed by atoms with E-state index in [2.05, 4.69) is 14.9 Å². The summed E-state index contributed by atoms with van der Waals surface area (Å²) in [5, 5.41) is 2.81. The van der Waals surface area contributed by atoms with E-state index in [0.29, 0.717) is 18.7 Å². The molecular formula is C18H29N3O5S. The first-order chi connectivity index (χ1) is 12.9. The van der Waals surface area contributed by atoms with Crippen LogP contribution in [0.1, 0.15) is 20.3 Å². The van der Waals surface area contributed by atoms with Crippen LogP contribution in [0.25, 0.3) is 0 Å². The van der Waals surface area contributed by atoms with Crippen molar-refractivity contribution in [1.29, 1.82) is 0 Å².